The van der Waals surface area contributed by atoms with Gasteiger partial charge in [0.2, 0.25) is 5.24 Å². The molecule has 0 aromatic heterocycles. The molecule has 1 saturated heterocycles. The number of fused-ring (bicyclic) bond motifs is 2. The summed E-state index contributed by atoms with van der Waals surface area (Å²) in [5.74, 6) is 0.533. The minimum Gasteiger partial charge on any atom is -0.487 e. The number of hydrogen-bond donors (Lipinski definition) is 1. The number of anilines is 1. The topological polar surface area (TPSA) is 58.6 Å². The van der Waals surface area contributed by atoms with Crippen LogP contribution in [0.1, 0.15) is 35.1 Å². The van der Waals surface area contributed by atoms with E-state index < -0.39 is 0 Å². The van der Waals surface area contributed by atoms with Gasteiger partial charge in [0.05, 0.1) is 11.6 Å². The van der Waals surface area contributed by atoms with Gasteiger partial charge in [-0.2, -0.15) is 0 Å². The molecule has 1 amide bonds. The second-order valence-corrected chi connectivity index (χ2v) is 8.10. The van der Waals surface area contributed by atoms with Crippen molar-refractivity contribution in [2.24, 2.45) is 0 Å². The first-order chi connectivity index (χ1) is 14.1. The Kier molecular flexibility index (Phi) is 4.64. The van der Waals surface area contributed by atoms with Crippen molar-refractivity contribution < 1.29 is 14.3 Å². The molecule has 2 aromatic rings. The van der Waals surface area contributed by atoms with Crippen LogP contribution in [0.15, 0.2) is 42.5 Å². The maximum atomic E-state index is 12.5. The Morgan fingerprint density at radius 1 is 1.21 bits per heavy atom. The first-order valence-electron chi connectivity index (χ1n) is 9.95. The molecule has 1 fully saturated rings. The number of nitrogens with zero attached hydrogens (tertiary/aromatic N) is 1. The van der Waals surface area contributed by atoms with Crippen molar-refractivity contribution in [2.45, 2.75) is 31.9 Å². The lowest BCUT2D eigenvalue weighted by atomic mass is 9.98. The van der Waals surface area contributed by atoms with Gasteiger partial charge in [0.15, 0.2) is 0 Å². The number of likely N-dealkylation sites (tertiary alicyclic amines) is 1. The van der Waals surface area contributed by atoms with E-state index in [1.54, 1.807) is 0 Å². The predicted molar refractivity (Wildman–Crippen MR) is 112 cm³/mol. The zero-order valence-corrected chi connectivity index (χ0v) is 16.7. The quantitative estimate of drug-likeness (QED) is 0.617. The van der Waals surface area contributed by atoms with Crippen LogP contribution in [-0.4, -0.2) is 35.2 Å². The van der Waals surface area contributed by atoms with Gasteiger partial charge in [0, 0.05) is 28.9 Å². The molecule has 0 spiro atoms. The summed E-state index contributed by atoms with van der Waals surface area (Å²) < 4.78 is 5.96. The third-order valence-corrected chi connectivity index (χ3v) is 6.25. The molecule has 29 heavy (non-hydrogen) atoms. The number of carbonyl (C=O) groups is 2. The number of amides is 1. The predicted octanol–water partition coefficient (Wildman–Crippen LogP) is 3.81. The van der Waals surface area contributed by atoms with E-state index in [-0.39, 0.29) is 17.2 Å². The minimum absolute atomic E-state index is 0.121. The van der Waals surface area contributed by atoms with Gasteiger partial charge in [-0.05, 0) is 49.0 Å². The van der Waals surface area contributed by atoms with Gasteiger partial charge >= 0.3 is 0 Å². The molecule has 5 nitrogen and oxygen atoms in total. The molecule has 1 atom stereocenters. The van der Waals surface area contributed by atoms with Crippen molar-refractivity contribution in [3.63, 3.8) is 0 Å². The Balaban J connectivity index is 1.39. The Morgan fingerprint density at radius 3 is 2.93 bits per heavy atom. The van der Waals surface area contributed by atoms with Crippen molar-refractivity contribution in [3.05, 3.63) is 64.7 Å². The average Bonchev–Trinajstić information content (AvgIpc) is 3.41. The van der Waals surface area contributed by atoms with Crippen LogP contribution in [0.2, 0.25) is 0 Å². The van der Waals surface area contributed by atoms with Gasteiger partial charge in [-0.25, -0.2) is 0 Å². The number of carbonyl (C=O) groups excluding carboxylic acids is 2. The fraction of sp³-hybridized carbons (Fsp3) is 0.304. The standard InChI is InChI=1S/C23H21ClN2O3/c24-22(27)19-6-3-10-26(19)11-9-14-7-8-16-15(12-14)13-29-21(16)20-17-4-1-2-5-18(17)25-23(20)28/h1-2,4-5,7-8,12,19H,3,6,9-11,13H2,(H,25,28)/b21-20+. The molecule has 0 saturated carbocycles. The number of rotatable bonds is 4. The minimum atomic E-state index is -0.253. The third kappa shape index (κ3) is 3.24. The molecule has 1 unspecified atom stereocenters. The molecule has 5 rings (SSSR count). The van der Waals surface area contributed by atoms with Crippen molar-refractivity contribution in [1.82, 2.24) is 4.90 Å². The Labute approximate surface area is 174 Å². The molecule has 1 N–H and O–H groups in total. The van der Waals surface area contributed by atoms with E-state index in [4.69, 9.17) is 16.3 Å². The van der Waals surface area contributed by atoms with Crippen molar-refractivity contribution in [1.29, 1.82) is 0 Å². The van der Waals surface area contributed by atoms with Gasteiger partial charge in [0.1, 0.15) is 12.4 Å². The Hall–Kier alpha value is -2.63. The lowest BCUT2D eigenvalue weighted by Gasteiger charge is -2.21. The van der Waals surface area contributed by atoms with Crippen molar-refractivity contribution >= 4 is 39.8 Å². The van der Waals surface area contributed by atoms with Crippen LogP contribution >= 0.6 is 11.6 Å². The summed E-state index contributed by atoms with van der Waals surface area (Å²) >= 11 is 5.73. The van der Waals surface area contributed by atoms with Crippen molar-refractivity contribution in [3.8, 4) is 0 Å². The fourth-order valence-corrected chi connectivity index (χ4v) is 4.79. The van der Waals surface area contributed by atoms with Crippen LogP contribution in [0.3, 0.4) is 0 Å². The first kappa shape index (κ1) is 18.4. The molecule has 2 aromatic carbocycles. The number of hydrogen-bond acceptors (Lipinski definition) is 4. The zero-order valence-electron chi connectivity index (χ0n) is 15.9. The van der Waals surface area contributed by atoms with Gasteiger partial charge in [-0.15, -0.1) is 0 Å². The monoisotopic (exact) mass is 408 g/mol. The van der Waals surface area contributed by atoms with Crippen LogP contribution in [0.5, 0.6) is 0 Å². The smallest absolute Gasteiger partial charge is 0.260 e. The van der Waals surface area contributed by atoms with Crippen LogP contribution < -0.4 is 5.32 Å². The highest BCUT2D eigenvalue weighted by atomic mass is 35.5. The molecule has 6 heteroatoms. The molecular weight excluding hydrogens is 388 g/mol. The second-order valence-electron chi connectivity index (χ2n) is 7.73. The highest BCUT2D eigenvalue weighted by Gasteiger charge is 2.32. The third-order valence-electron chi connectivity index (χ3n) is 6.00. The van der Waals surface area contributed by atoms with Gasteiger partial charge in [-0.3, -0.25) is 14.5 Å². The summed E-state index contributed by atoms with van der Waals surface area (Å²) in [4.78, 5) is 26.3. The second kappa shape index (κ2) is 7.32. The maximum Gasteiger partial charge on any atom is 0.260 e. The summed E-state index contributed by atoms with van der Waals surface area (Å²) in [5, 5.41) is 2.66. The van der Waals surface area contributed by atoms with Gasteiger partial charge < -0.3 is 10.1 Å². The summed E-state index contributed by atoms with van der Waals surface area (Å²) in [6, 6.07) is 13.8. The average molecular weight is 409 g/mol. The normalized spacial score (nSPS) is 22.9. The number of halogens is 1. The SMILES string of the molecule is O=C1Nc2ccccc2/C1=C1\OCc2cc(CCN3CCCC3C(=O)Cl)ccc21. The molecular formula is C23H21ClN2O3. The summed E-state index contributed by atoms with van der Waals surface area (Å²) in [6.07, 6.45) is 2.71. The first-order valence-corrected chi connectivity index (χ1v) is 10.3. The van der Waals surface area contributed by atoms with Crippen LogP contribution in [0.4, 0.5) is 5.69 Å². The zero-order chi connectivity index (χ0) is 20.0. The molecule has 0 radical (unpaired) electrons. The molecule has 148 valence electrons. The molecule has 0 bridgehead atoms. The largest absolute Gasteiger partial charge is 0.487 e. The van der Waals surface area contributed by atoms with E-state index >= 15 is 0 Å². The number of benzene rings is 2. The number of ether oxygens (including phenoxy) is 1. The van der Waals surface area contributed by atoms with E-state index in [0.29, 0.717) is 17.9 Å². The van der Waals surface area contributed by atoms with E-state index in [9.17, 15) is 9.59 Å². The van der Waals surface area contributed by atoms with E-state index in [2.05, 4.69) is 22.3 Å². The van der Waals surface area contributed by atoms with E-state index in [1.807, 2.05) is 30.3 Å². The molecule has 0 aliphatic carbocycles. The maximum absolute atomic E-state index is 12.5. The highest BCUT2D eigenvalue weighted by molar-refractivity contribution is 6.64. The number of para-hydroxylation sites is 1. The Morgan fingerprint density at radius 2 is 2.07 bits per heavy atom. The van der Waals surface area contributed by atoms with Crippen LogP contribution in [-0.2, 0) is 27.4 Å². The fourth-order valence-electron chi connectivity index (χ4n) is 4.54. The van der Waals surface area contributed by atoms with E-state index in [0.717, 1.165) is 54.7 Å². The molecule has 3 aliphatic rings. The molecule has 3 heterocycles. The summed E-state index contributed by atoms with van der Waals surface area (Å²) in [7, 11) is 0. The summed E-state index contributed by atoms with van der Waals surface area (Å²) in [5.41, 5.74) is 5.58. The van der Waals surface area contributed by atoms with E-state index in [1.165, 1.54) is 5.56 Å². The lowest BCUT2D eigenvalue weighted by molar-refractivity contribution is -0.115. The van der Waals surface area contributed by atoms with Crippen molar-refractivity contribution in [2.75, 3.05) is 18.4 Å². The summed E-state index contributed by atoms with van der Waals surface area (Å²) in [6.45, 7) is 2.19. The number of nitrogens with one attached hydrogen (secondary N) is 1. The van der Waals surface area contributed by atoms with Crippen LogP contribution in [0, 0.1) is 0 Å². The lowest BCUT2D eigenvalue weighted by Crippen LogP contribution is -2.35. The Bertz CT molecular complexity index is 1050. The van der Waals surface area contributed by atoms with Gasteiger partial charge in [-0.1, -0.05) is 36.4 Å². The molecule has 3 aliphatic heterocycles. The highest BCUT2D eigenvalue weighted by Crippen LogP contribution is 2.41. The van der Waals surface area contributed by atoms with Gasteiger partial charge in [0.25, 0.3) is 5.91 Å². The van der Waals surface area contributed by atoms with Crippen LogP contribution in [0.25, 0.3) is 11.3 Å².